The molecule has 4 nitrogen and oxygen atoms in total. The summed E-state index contributed by atoms with van der Waals surface area (Å²) in [6, 6.07) is 5.46. The topological polar surface area (TPSA) is 50.4 Å². The summed E-state index contributed by atoms with van der Waals surface area (Å²) in [5, 5.41) is 6.29. The van der Waals surface area contributed by atoms with Gasteiger partial charge in [-0.05, 0) is 24.7 Å². The maximum Gasteiger partial charge on any atom is 0.221 e. The number of carbonyl (C=O) groups is 1. The van der Waals surface area contributed by atoms with Crippen LogP contribution in [-0.4, -0.2) is 26.6 Å². The Morgan fingerprint density at radius 3 is 2.82 bits per heavy atom. The molecule has 0 atom stereocenters. The van der Waals surface area contributed by atoms with Gasteiger partial charge in [0, 0.05) is 19.5 Å². The molecule has 0 fully saturated rings. The maximum atomic E-state index is 11.4. The van der Waals surface area contributed by atoms with Crippen LogP contribution in [0.15, 0.2) is 18.2 Å². The molecule has 2 N–H and O–H groups in total. The van der Waals surface area contributed by atoms with Crippen molar-refractivity contribution < 1.29 is 9.53 Å². The van der Waals surface area contributed by atoms with Gasteiger partial charge in [0.05, 0.1) is 12.1 Å². The van der Waals surface area contributed by atoms with Crippen LogP contribution in [0.5, 0.6) is 5.75 Å². The van der Waals surface area contributed by atoms with Gasteiger partial charge in [-0.1, -0.05) is 17.7 Å². The molecule has 0 aliphatic carbocycles. The Morgan fingerprint density at radius 2 is 2.24 bits per heavy atom. The Morgan fingerprint density at radius 1 is 1.47 bits per heavy atom. The molecule has 5 heteroatoms. The first-order valence-electron chi connectivity index (χ1n) is 5.41. The molecule has 0 heterocycles. The molecule has 1 amide bonds. The van der Waals surface area contributed by atoms with Gasteiger partial charge < -0.3 is 15.4 Å². The Kier molecular flexibility index (Phi) is 5.80. The van der Waals surface area contributed by atoms with Gasteiger partial charge in [-0.25, -0.2) is 0 Å². The second kappa shape index (κ2) is 7.14. The van der Waals surface area contributed by atoms with Gasteiger partial charge in [0.1, 0.15) is 5.75 Å². The van der Waals surface area contributed by atoms with E-state index in [2.05, 4.69) is 10.6 Å². The van der Waals surface area contributed by atoms with Crippen molar-refractivity contribution in [3.63, 3.8) is 0 Å². The summed E-state index contributed by atoms with van der Waals surface area (Å²) in [5.74, 6) is 0.656. The van der Waals surface area contributed by atoms with Crippen molar-refractivity contribution in [3.05, 3.63) is 28.8 Å². The first-order chi connectivity index (χ1) is 8.17. The highest BCUT2D eigenvalue weighted by molar-refractivity contribution is 6.32. The minimum atomic E-state index is 0.0197. The molecular formula is C12H17ClN2O2. The highest BCUT2D eigenvalue weighted by Crippen LogP contribution is 2.24. The fourth-order valence-corrected chi connectivity index (χ4v) is 1.63. The van der Waals surface area contributed by atoms with Crippen molar-refractivity contribution in [1.82, 2.24) is 10.6 Å². The van der Waals surface area contributed by atoms with Crippen LogP contribution in [0.25, 0.3) is 0 Å². The first-order valence-corrected chi connectivity index (χ1v) is 5.79. The molecule has 1 rings (SSSR count). The van der Waals surface area contributed by atoms with E-state index < -0.39 is 0 Å². The molecule has 0 spiro atoms. The summed E-state index contributed by atoms with van der Waals surface area (Å²) in [7, 11) is 3.39. The molecule has 0 aliphatic rings. The van der Waals surface area contributed by atoms with E-state index in [0.717, 1.165) is 5.56 Å². The van der Waals surface area contributed by atoms with Gasteiger partial charge in [-0.15, -0.1) is 0 Å². The third kappa shape index (κ3) is 4.63. The monoisotopic (exact) mass is 256 g/mol. The fraction of sp³-hybridized carbons (Fsp3) is 0.417. The highest BCUT2D eigenvalue weighted by atomic mass is 35.5. The number of rotatable bonds is 6. The molecule has 0 radical (unpaired) electrons. The van der Waals surface area contributed by atoms with Crippen molar-refractivity contribution >= 4 is 17.5 Å². The Bertz CT molecular complexity index is 383. The van der Waals surface area contributed by atoms with E-state index in [1.54, 1.807) is 19.2 Å². The van der Waals surface area contributed by atoms with Crippen LogP contribution in [0.2, 0.25) is 5.02 Å². The van der Waals surface area contributed by atoms with Crippen LogP contribution < -0.4 is 15.4 Å². The Labute approximate surface area is 106 Å². The molecule has 0 aromatic heterocycles. The van der Waals surface area contributed by atoms with Crippen LogP contribution in [0, 0.1) is 0 Å². The van der Waals surface area contributed by atoms with Gasteiger partial charge in [0.15, 0.2) is 0 Å². The number of carbonyl (C=O) groups excluding carboxylic acids is 1. The van der Waals surface area contributed by atoms with Crippen molar-refractivity contribution in [1.29, 1.82) is 0 Å². The number of benzene rings is 1. The van der Waals surface area contributed by atoms with Crippen molar-refractivity contribution in [2.45, 2.75) is 13.0 Å². The number of hydrogen-bond donors (Lipinski definition) is 2. The van der Waals surface area contributed by atoms with Gasteiger partial charge in [0.2, 0.25) is 5.91 Å². The summed E-state index contributed by atoms with van der Waals surface area (Å²) in [6.07, 6.45) is 0.473. The molecule has 1 aromatic carbocycles. The lowest BCUT2D eigenvalue weighted by molar-refractivity contribution is -0.121. The Balaban J connectivity index is 2.47. The van der Waals surface area contributed by atoms with Crippen LogP contribution in [0.4, 0.5) is 0 Å². The Hall–Kier alpha value is -1.26. The standard InChI is InChI=1S/C12H17ClN2O2/c1-14-6-5-12(16)15-8-9-3-4-11(17-2)10(13)7-9/h3-4,7,14H,5-6,8H2,1-2H3,(H,15,16). The zero-order chi connectivity index (χ0) is 12.7. The predicted molar refractivity (Wildman–Crippen MR) is 68.4 cm³/mol. The van der Waals surface area contributed by atoms with E-state index in [9.17, 15) is 4.79 Å². The third-order valence-corrected chi connectivity index (χ3v) is 2.60. The molecule has 0 saturated carbocycles. The van der Waals surface area contributed by atoms with E-state index in [-0.39, 0.29) is 5.91 Å². The van der Waals surface area contributed by atoms with E-state index >= 15 is 0 Å². The average molecular weight is 257 g/mol. The lowest BCUT2D eigenvalue weighted by Gasteiger charge is -2.07. The number of halogens is 1. The molecule has 0 bridgehead atoms. The van der Waals surface area contributed by atoms with Crippen molar-refractivity contribution in [2.75, 3.05) is 20.7 Å². The second-order valence-electron chi connectivity index (χ2n) is 3.60. The van der Waals surface area contributed by atoms with E-state index in [1.807, 2.05) is 13.1 Å². The molecule has 0 unspecified atom stereocenters. The molecule has 1 aromatic rings. The van der Waals surface area contributed by atoms with Crippen molar-refractivity contribution in [3.8, 4) is 5.75 Å². The number of nitrogens with one attached hydrogen (secondary N) is 2. The van der Waals surface area contributed by atoms with E-state index in [0.29, 0.717) is 30.3 Å². The molecule has 0 saturated heterocycles. The number of methoxy groups -OCH3 is 1. The highest BCUT2D eigenvalue weighted by Gasteiger charge is 2.03. The normalized spacial score (nSPS) is 10.1. The van der Waals surface area contributed by atoms with Crippen LogP contribution in [0.1, 0.15) is 12.0 Å². The molecule has 17 heavy (non-hydrogen) atoms. The number of amides is 1. The summed E-state index contributed by atoms with van der Waals surface area (Å²) >= 11 is 5.98. The van der Waals surface area contributed by atoms with Crippen molar-refractivity contribution in [2.24, 2.45) is 0 Å². The summed E-state index contributed by atoms with van der Waals surface area (Å²) in [5.41, 5.74) is 0.952. The zero-order valence-electron chi connectivity index (χ0n) is 10.0. The van der Waals surface area contributed by atoms with Gasteiger partial charge >= 0.3 is 0 Å². The summed E-state index contributed by atoms with van der Waals surface area (Å²) in [6.45, 7) is 1.15. The maximum absolute atomic E-state index is 11.4. The summed E-state index contributed by atoms with van der Waals surface area (Å²) in [4.78, 5) is 11.4. The number of ether oxygens (including phenoxy) is 1. The molecule has 94 valence electrons. The quantitative estimate of drug-likeness (QED) is 0.813. The zero-order valence-corrected chi connectivity index (χ0v) is 10.8. The largest absolute Gasteiger partial charge is 0.495 e. The third-order valence-electron chi connectivity index (χ3n) is 2.31. The minimum absolute atomic E-state index is 0.0197. The van der Waals surface area contributed by atoms with Crippen LogP contribution in [-0.2, 0) is 11.3 Å². The summed E-state index contributed by atoms with van der Waals surface area (Å²) < 4.78 is 5.05. The lowest BCUT2D eigenvalue weighted by atomic mass is 10.2. The smallest absolute Gasteiger partial charge is 0.221 e. The average Bonchev–Trinajstić information content (AvgIpc) is 2.34. The van der Waals surface area contributed by atoms with Crippen LogP contribution in [0.3, 0.4) is 0 Å². The van der Waals surface area contributed by atoms with E-state index in [4.69, 9.17) is 16.3 Å². The molecule has 0 aliphatic heterocycles. The van der Waals surface area contributed by atoms with Gasteiger partial charge in [-0.2, -0.15) is 0 Å². The first kappa shape index (κ1) is 13.8. The van der Waals surface area contributed by atoms with Crippen LogP contribution >= 0.6 is 11.6 Å². The van der Waals surface area contributed by atoms with Gasteiger partial charge in [0.25, 0.3) is 0 Å². The van der Waals surface area contributed by atoms with Gasteiger partial charge in [-0.3, -0.25) is 4.79 Å². The second-order valence-corrected chi connectivity index (χ2v) is 4.01. The minimum Gasteiger partial charge on any atom is -0.495 e. The fourth-order valence-electron chi connectivity index (χ4n) is 1.35. The lowest BCUT2D eigenvalue weighted by Crippen LogP contribution is -2.26. The van der Waals surface area contributed by atoms with E-state index in [1.165, 1.54) is 0 Å². The number of hydrogen-bond acceptors (Lipinski definition) is 3. The molecular weight excluding hydrogens is 240 g/mol. The predicted octanol–water partition coefficient (Wildman–Crippen LogP) is 1.57. The SMILES string of the molecule is CNCCC(=O)NCc1ccc(OC)c(Cl)c1.